The summed E-state index contributed by atoms with van der Waals surface area (Å²) in [6, 6.07) is 16.5. The number of nitrogens with one attached hydrogen (secondary N) is 3. The number of rotatable bonds is 6. The fourth-order valence-corrected chi connectivity index (χ4v) is 3.21. The zero-order valence-corrected chi connectivity index (χ0v) is 18.2. The number of aromatic amines is 2. The van der Waals surface area contributed by atoms with Gasteiger partial charge < -0.3 is 32.5 Å². The highest BCUT2D eigenvalue weighted by atomic mass is 16.1. The van der Waals surface area contributed by atoms with Crippen LogP contribution < -0.4 is 22.5 Å². The molecule has 2 aromatic heterocycles. The molecule has 9 N–H and O–H groups in total. The van der Waals surface area contributed by atoms with Gasteiger partial charge in [0.2, 0.25) is 5.91 Å². The molecule has 0 saturated carbocycles. The van der Waals surface area contributed by atoms with Gasteiger partial charge in [0.05, 0.1) is 0 Å². The molecule has 4 rings (SSSR count). The van der Waals surface area contributed by atoms with Gasteiger partial charge in [-0.25, -0.2) is 0 Å². The van der Waals surface area contributed by atoms with E-state index in [2.05, 4.69) is 45.6 Å². The molecule has 0 unspecified atom stereocenters. The fourth-order valence-electron chi connectivity index (χ4n) is 3.21. The predicted octanol–water partition coefficient (Wildman–Crippen LogP) is 2.42. The number of benzene rings is 2. The summed E-state index contributed by atoms with van der Waals surface area (Å²) in [5.41, 5.74) is 20.2. The molecular weight excluding hydrogens is 388 g/mol. The first-order valence-electron chi connectivity index (χ1n) is 10.5. The highest BCUT2D eigenvalue weighted by Gasteiger charge is 2.02. The van der Waals surface area contributed by atoms with E-state index >= 15 is 0 Å². The molecule has 0 saturated heterocycles. The Hall–Kier alpha value is -3.13. The lowest BCUT2D eigenvalue weighted by Crippen LogP contribution is -2.22. The lowest BCUT2D eigenvalue weighted by molar-refractivity contribution is -0.118. The van der Waals surface area contributed by atoms with Crippen molar-refractivity contribution in [2.75, 3.05) is 26.2 Å². The molecule has 2 heterocycles. The number of fused-ring (bicyclic) bond motifs is 2. The summed E-state index contributed by atoms with van der Waals surface area (Å²) >= 11 is 0. The molecule has 1 amide bonds. The summed E-state index contributed by atoms with van der Waals surface area (Å²) in [5, 5.41) is 5.33. The Morgan fingerprint density at radius 2 is 1.26 bits per heavy atom. The SMILES string of the molecule is CC(=O)NCCc1c[nH]c2ccccc12.NCCN.NCCc1c[nH]c2ccccc12. The van der Waals surface area contributed by atoms with Crippen molar-refractivity contribution in [2.45, 2.75) is 19.8 Å². The van der Waals surface area contributed by atoms with Crippen LogP contribution in [-0.4, -0.2) is 42.1 Å². The Kier molecular flexibility index (Phi) is 10.3. The number of carbonyl (C=O) groups excluding carboxylic acids is 1. The molecule has 0 fully saturated rings. The Labute approximate surface area is 183 Å². The minimum atomic E-state index is 0.0230. The van der Waals surface area contributed by atoms with Gasteiger partial charge in [-0.05, 0) is 42.6 Å². The standard InChI is InChI=1S/C12H14N2O.C10H12N2.C2H8N2/c1-9(15)13-7-6-10-8-14-12-5-3-2-4-11(10)12;11-6-5-8-7-12-10-4-2-1-3-9(8)10;3-1-2-4/h2-5,8,14H,6-7H2,1H3,(H,13,15);1-4,7,12H,5-6,11H2;1-4H2. The van der Waals surface area contributed by atoms with Gasteiger partial charge in [-0.1, -0.05) is 36.4 Å². The summed E-state index contributed by atoms with van der Waals surface area (Å²) in [4.78, 5) is 17.1. The number of nitrogens with two attached hydrogens (primary N) is 3. The third-order valence-electron chi connectivity index (χ3n) is 4.70. The first kappa shape index (κ1) is 24.1. The fraction of sp³-hybridized carbons (Fsp3) is 0.292. The summed E-state index contributed by atoms with van der Waals surface area (Å²) in [6.07, 6.45) is 5.86. The maximum atomic E-state index is 10.7. The number of H-pyrrole nitrogens is 2. The Morgan fingerprint density at radius 3 is 1.71 bits per heavy atom. The van der Waals surface area contributed by atoms with Gasteiger partial charge in [0.1, 0.15) is 0 Å². The zero-order chi connectivity index (χ0) is 22.5. The van der Waals surface area contributed by atoms with E-state index in [1.54, 1.807) is 0 Å². The van der Waals surface area contributed by atoms with Crippen molar-refractivity contribution >= 4 is 27.7 Å². The second kappa shape index (κ2) is 13.2. The number of hydrogen-bond donors (Lipinski definition) is 6. The van der Waals surface area contributed by atoms with Crippen LogP contribution in [0.15, 0.2) is 60.9 Å². The molecule has 7 nitrogen and oxygen atoms in total. The highest BCUT2D eigenvalue weighted by Crippen LogP contribution is 2.18. The molecule has 0 radical (unpaired) electrons. The van der Waals surface area contributed by atoms with Gasteiger partial charge in [0.25, 0.3) is 0 Å². The van der Waals surface area contributed by atoms with Gasteiger partial charge in [-0.2, -0.15) is 0 Å². The molecule has 7 heteroatoms. The Balaban J connectivity index is 0.000000192. The van der Waals surface area contributed by atoms with Crippen LogP contribution in [0.1, 0.15) is 18.1 Å². The third kappa shape index (κ3) is 7.57. The van der Waals surface area contributed by atoms with Crippen molar-refractivity contribution in [3.8, 4) is 0 Å². The Bertz CT molecular complexity index is 1050. The second-order valence-corrected chi connectivity index (χ2v) is 7.07. The van der Waals surface area contributed by atoms with E-state index in [0.717, 1.165) is 18.4 Å². The molecule has 0 spiro atoms. The second-order valence-electron chi connectivity index (χ2n) is 7.07. The minimum absolute atomic E-state index is 0.0230. The lowest BCUT2D eigenvalue weighted by atomic mass is 10.1. The van der Waals surface area contributed by atoms with Crippen molar-refractivity contribution in [3.63, 3.8) is 0 Å². The van der Waals surface area contributed by atoms with Crippen molar-refractivity contribution in [2.24, 2.45) is 17.2 Å². The molecule has 0 atom stereocenters. The summed E-state index contributed by atoms with van der Waals surface area (Å²) in [5.74, 6) is 0.0230. The highest BCUT2D eigenvalue weighted by molar-refractivity contribution is 5.83. The third-order valence-corrected chi connectivity index (χ3v) is 4.70. The first-order chi connectivity index (χ1) is 15.1. The van der Waals surface area contributed by atoms with Crippen LogP contribution >= 0.6 is 0 Å². The molecule has 0 bridgehead atoms. The monoisotopic (exact) mass is 422 g/mol. The maximum absolute atomic E-state index is 10.7. The van der Waals surface area contributed by atoms with Crippen LogP contribution in [-0.2, 0) is 17.6 Å². The first-order valence-corrected chi connectivity index (χ1v) is 10.5. The number of hydrogen-bond acceptors (Lipinski definition) is 4. The van der Waals surface area contributed by atoms with E-state index in [0.29, 0.717) is 26.2 Å². The van der Waals surface area contributed by atoms with E-state index in [9.17, 15) is 4.79 Å². The van der Waals surface area contributed by atoms with Crippen molar-refractivity contribution in [1.29, 1.82) is 0 Å². The summed E-state index contributed by atoms with van der Waals surface area (Å²) in [6.45, 7) is 4.13. The average molecular weight is 423 g/mol. The van der Waals surface area contributed by atoms with Crippen molar-refractivity contribution in [1.82, 2.24) is 15.3 Å². The molecule has 2 aromatic carbocycles. The largest absolute Gasteiger partial charge is 0.361 e. The maximum Gasteiger partial charge on any atom is 0.216 e. The zero-order valence-electron chi connectivity index (χ0n) is 18.2. The van der Waals surface area contributed by atoms with Gasteiger partial charge in [-0.3, -0.25) is 4.79 Å². The predicted molar refractivity (Wildman–Crippen MR) is 130 cm³/mol. The van der Waals surface area contributed by atoms with Crippen molar-refractivity contribution < 1.29 is 4.79 Å². The van der Waals surface area contributed by atoms with E-state index in [1.807, 2.05) is 30.6 Å². The van der Waals surface area contributed by atoms with Gasteiger partial charge in [0.15, 0.2) is 0 Å². The van der Waals surface area contributed by atoms with E-state index in [-0.39, 0.29) is 5.91 Å². The van der Waals surface area contributed by atoms with E-state index in [1.165, 1.54) is 34.3 Å². The van der Waals surface area contributed by atoms with E-state index < -0.39 is 0 Å². The van der Waals surface area contributed by atoms with Crippen LogP contribution in [0.2, 0.25) is 0 Å². The van der Waals surface area contributed by atoms with Crippen LogP contribution in [0.25, 0.3) is 21.8 Å². The number of aromatic nitrogens is 2. The Morgan fingerprint density at radius 1 is 0.774 bits per heavy atom. The summed E-state index contributed by atoms with van der Waals surface area (Å²) < 4.78 is 0. The molecule has 0 aliphatic rings. The quantitative estimate of drug-likeness (QED) is 0.284. The van der Waals surface area contributed by atoms with Crippen molar-refractivity contribution in [3.05, 3.63) is 72.1 Å². The summed E-state index contributed by atoms with van der Waals surface area (Å²) in [7, 11) is 0. The van der Waals surface area contributed by atoms with Crippen LogP contribution in [0.3, 0.4) is 0 Å². The van der Waals surface area contributed by atoms with Gasteiger partial charge in [-0.15, -0.1) is 0 Å². The van der Waals surface area contributed by atoms with Crippen LogP contribution in [0.4, 0.5) is 0 Å². The normalized spacial score (nSPS) is 10.2. The number of para-hydroxylation sites is 2. The number of amides is 1. The molecule has 166 valence electrons. The van der Waals surface area contributed by atoms with Crippen LogP contribution in [0.5, 0.6) is 0 Å². The molecule has 31 heavy (non-hydrogen) atoms. The minimum Gasteiger partial charge on any atom is -0.361 e. The topological polar surface area (TPSA) is 139 Å². The molecule has 4 aromatic rings. The van der Waals surface area contributed by atoms with E-state index in [4.69, 9.17) is 17.2 Å². The molecule has 0 aliphatic heterocycles. The lowest BCUT2D eigenvalue weighted by Gasteiger charge is -2.00. The van der Waals surface area contributed by atoms with Crippen LogP contribution in [0, 0.1) is 0 Å². The van der Waals surface area contributed by atoms with Gasteiger partial charge in [0, 0.05) is 60.8 Å². The molecule has 0 aliphatic carbocycles. The smallest absolute Gasteiger partial charge is 0.216 e. The average Bonchev–Trinajstić information content (AvgIpc) is 3.39. The number of carbonyl (C=O) groups is 1. The molecular formula is C24H34N6O. The van der Waals surface area contributed by atoms with Gasteiger partial charge >= 0.3 is 0 Å².